The van der Waals surface area contributed by atoms with Gasteiger partial charge in [0.15, 0.2) is 0 Å². The van der Waals surface area contributed by atoms with Crippen LogP contribution in [0.25, 0.3) is 0 Å². The summed E-state index contributed by atoms with van der Waals surface area (Å²) in [6.07, 6.45) is -5.84. The van der Waals surface area contributed by atoms with Crippen LogP contribution in [0, 0.1) is 0 Å². The van der Waals surface area contributed by atoms with Crippen LogP contribution in [0.2, 0.25) is 0 Å². The van der Waals surface area contributed by atoms with E-state index >= 15 is 0 Å². The van der Waals surface area contributed by atoms with Crippen LogP contribution in [0.4, 0.5) is 23.8 Å². The van der Waals surface area contributed by atoms with E-state index in [2.05, 4.69) is 4.98 Å². The SMILES string of the molecule is O=C(O)Nc1ncccc1CC(F)(F)F. The molecule has 1 heterocycles. The number of alkyl halides is 3. The molecule has 4 nitrogen and oxygen atoms in total. The minimum Gasteiger partial charge on any atom is -0.465 e. The molecule has 1 aromatic heterocycles. The maximum Gasteiger partial charge on any atom is 0.410 e. The Morgan fingerprint density at radius 2 is 2.20 bits per heavy atom. The van der Waals surface area contributed by atoms with Gasteiger partial charge in [-0.25, -0.2) is 9.78 Å². The standard InChI is InChI=1S/C8H7F3N2O2/c9-8(10,11)4-5-2-1-3-12-6(5)13-7(14)15/h1-3H,4H2,(H,12,13)(H,14,15). The third-order valence-corrected chi connectivity index (χ3v) is 1.51. The number of nitrogens with zero attached hydrogens (tertiary/aromatic N) is 1. The minimum atomic E-state index is -4.39. The van der Waals surface area contributed by atoms with Gasteiger partial charge in [-0.3, -0.25) is 5.32 Å². The summed E-state index contributed by atoms with van der Waals surface area (Å²) in [6.45, 7) is 0. The quantitative estimate of drug-likeness (QED) is 0.803. The molecule has 1 aromatic rings. The predicted molar refractivity (Wildman–Crippen MR) is 45.6 cm³/mol. The molecule has 0 spiro atoms. The first kappa shape index (κ1) is 11.3. The van der Waals surface area contributed by atoms with Crippen LogP contribution in [0.1, 0.15) is 5.56 Å². The molecule has 0 unspecified atom stereocenters. The normalized spacial score (nSPS) is 11.1. The molecule has 2 N–H and O–H groups in total. The number of carboxylic acid groups (broad SMARTS) is 1. The van der Waals surface area contributed by atoms with Crippen molar-refractivity contribution < 1.29 is 23.1 Å². The number of halogens is 3. The summed E-state index contributed by atoms with van der Waals surface area (Å²) < 4.78 is 36.2. The zero-order valence-corrected chi connectivity index (χ0v) is 7.38. The van der Waals surface area contributed by atoms with Gasteiger partial charge < -0.3 is 5.11 Å². The smallest absolute Gasteiger partial charge is 0.410 e. The van der Waals surface area contributed by atoms with Crippen molar-refractivity contribution in [2.75, 3.05) is 5.32 Å². The molecular weight excluding hydrogens is 213 g/mol. The van der Waals surface area contributed by atoms with E-state index in [1.54, 1.807) is 5.32 Å². The summed E-state index contributed by atoms with van der Waals surface area (Å²) in [4.78, 5) is 13.8. The van der Waals surface area contributed by atoms with E-state index in [1.807, 2.05) is 0 Å². The summed E-state index contributed by atoms with van der Waals surface area (Å²) in [5.41, 5.74) is -0.201. The van der Waals surface area contributed by atoms with E-state index in [0.29, 0.717) is 0 Å². The third kappa shape index (κ3) is 3.84. The van der Waals surface area contributed by atoms with Crippen LogP contribution in [0.3, 0.4) is 0 Å². The molecule has 0 saturated carbocycles. The zero-order valence-electron chi connectivity index (χ0n) is 7.38. The van der Waals surface area contributed by atoms with Crippen molar-refractivity contribution >= 4 is 11.9 Å². The molecule has 0 saturated heterocycles. The van der Waals surface area contributed by atoms with Crippen LogP contribution in [-0.2, 0) is 6.42 Å². The van der Waals surface area contributed by atoms with Crippen molar-refractivity contribution in [2.24, 2.45) is 0 Å². The fourth-order valence-electron chi connectivity index (χ4n) is 1.01. The largest absolute Gasteiger partial charge is 0.465 e. The zero-order chi connectivity index (χ0) is 11.5. The van der Waals surface area contributed by atoms with Crippen molar-refractivity contribution in [3.8, 4) is 0 Å². The molecule has 15 heavy (non-hydrogen) atoms. The van der Waals surface area contributed by atoms with E-state index in [9.17, 15) is 18.0 Å². The van der Waals surface area contributed by atoms with Crippen LogP contribution < -0.4 is 5.32 Å². The van der Waals surface area contributed by atoms with Gasteiger partial charge in [-0.15, -0.1) is 0 Å². The molecule has 1 amide bonds. The molecule has 0 bridgehead atoms. The molecule has 0 fully saturated rings. The lowest BCUT2D eigenvalue weighted by Crippen LogP contribution is -2.16. The molecule has 7 heteroatoms. The van der Waals surface area contributed by atoms with Gasteiger partial charge in [0.05, 0.1) is 6.42 Å². The lowest BCUT2D eigenvalue weighted by molar-refractivity contribution is -0.127. The van der Waals surface area contributed by atoms with Gasteiger partial charge in [-0.2, -0.15) is 13.2 Å². The molecule has 0 aliphatic carbocycles. The van der Waals surface area contributed by atoms with Crippen molar-refractivity contribution in [3.63, 3.8) is 0 Å². The van der Waals surface area contributed by atoms with Crippen molar-refractivity contribution in [1.82, 2.24) is 4.98 Å². The number of aromatic nitrogens is 1. The van der Waals surface area contributed by atoms with Crippen molar-refractivity contribution in [3.05, 3.63) is 23.9 Å². The lowest BCUT2D eigenvalue weighted by Gasteiger charge is -2.09. The number of rotatable bonds is 2. The van der Waals surface area contributed by atoms with Crippen LogP contribution in [-0.4, -0.2) is 22.4 Å². The Balaban J connectivity index is 2.91. The van der Waals surface area contributed by atoms with Crippen LogP contribution in [0.5, 0.6) is 0 Å². The second-order valence-electron chi connectivity index (χ2n) is 2.73. The van der Waals surface area contributed by atoms with E-state index in [1.165, 1.54) is 18.3 Å². The van der Waals surface area contributed by atoms with Crippen molar-refractivity contribution in [2.45, 2.75) is 12.6 Å². The van der Waals surface area contributed by atoms with Crippen molar-refractivity contribution in [1.29, 1.82) is 0 Å². The summed E-state index contributed by atoms with van der Waals surface area (Å²) in [7, 11) is 0. The second-order valence-corrected chi connectivity index (χ2v) is 2.73. The van der Waals surface area contributed by atoms with Gasteiger partial charge in [-0.05, 0) is 6.07 Å². The summed E-state index contributed by atoms with van der Waals surface area (Å²) in [5, 5.41) is 10.2. The predicted octanol–water partition coefficient (Wildman–Crippen LogP) is 2.28. The average molecular weight is 220 g/mol. The Bertz CT molecular complexity index is 365. The van der Waals surface area contributed by atoms with E-state index in [4.69, 9.17) is 5.11 Å². The minimum absolute atomic E-state index is 0.201. The molecule has 0 aliphatic rings. The number of amides is 1. The van der Waals surface area contributed by atoms with E-state index in [0.717, 1.165) is 0 Å². The maximum atomic E-state index is 12.1. The Morgan fingerprint density at radius 1 is 1.53 bits per heavy atom. The highest BCUT2D eigenvalue weighted by Gasteiger charge is 2.29. The number of carbonyl (C=O) groups is 1. The van der Waals surface area contributed by atoms with Crippen LogP contribution >= 0.6 is 0 Å². The topological polar surface area (TPSA) is 62.2 Å². The molecule has 82 valence electrons. The average Bonchev–Trinajstić information content (AvgIpc) is 2.05. The first-order chi connectivity index (χ1) is 6.88. The highest BCUT2D eigenvalue weighted by molar-refractivity contribution is 5.82. The third-order valence-electron chi connectivity index (χ3n) is 1.51. The molecule has 0 radical (unpaired) electrons. The van der Waals surface area contributed by atoms with Gasteiger partial charge in [0.25, 0.3) is 0 Å². The van der Waals surface area contributed by atoms with E-state index < -0.39 is 18.7 Å². The summed E-state index contributed by atoms with van der Waals surface area (Å²) in [5.74, 6) is -0.290. The molecule has 0 aliphatic heterocycles. The Hall–Kier alpha value is -1.79. The van der Waals surface area contributed by atoms with Gasteiger partial charge >= 0.3 is 12.3 Å². The maximum absolute atomic E-state index is 12.1. The van der Waals surface area contributed by atoms with Crippen LogP contribution in [0.15, 0.2) is 18.3 Å². The number of pyridine rings is 1. The second kappa shape index (κ2) is 4.16. The fourth-order valence-corrected chi connectivity index (χ4v) is 1.01. The monoisotopic (exact) mass is 220 g/mol. The van der Waals surface area contributed by atoms with Gasteiger partial charge in [0.1, 0.15) is 5.82 Å². The lowest BCUT2D eigenvalue weighted by atomic mass is 10.2. The number of anilines is 1. The van der Waals surface area contributed by atoms with Gasteiger partial charge in [0.2, 0.25) is 0 Å². The first-order valence-electron chi connectivity index (χ1n) is 3.89. The summed E-state index contributed by atoms with van der Waals surface area (Å²) >= 11 is 0. The molecule has 0 aromatic carbocycles. The Kier molecular flexibility index (Phi) is 3.13. The Morgan fingerprint density at radius 3 is 2.73 bits per heavy atom. The number of nitrogens with one attached hydrogen (secondary N) is 1. The fraction of sp³-hybridized carbons (Fsp3) is 0.250. The number of hydrogen-bond acceptors (Lipinski definition) is 2. The van der Waals surface area contributed by atoms with E-state index in [-0.39, 0.29) is 11.4 Å². The molecule has 1 rings (SSSR count). The van der Waals surface area contributed by atoms with Gasteiger partial charge in [0, 0.05) is 11.8 Å². The van der Waals surface area contributed by atoms with Gasteiger partial charge in [-0.1, -0.05) is 6.07 Å². The highest BCUT2D eigenvalue weighted by atomic mass is 19.4. The first-order valence-corrected chi connectivity index (χ1v) is 3.89. The molecular formula is C8H7F3N2O2. The molecule has 0 atom stereocenters. The highest BCUT2D eigenvalue weighted by Crippen LogP contribution is 2.24. The number of hydrogen-bond donors (Lipinski definition) is 2. The Labute approximate surface area is 82.7 Å². The summed E-state index contributed by atoms with van der Waals surface area (Å²) in [6, 6.07) is 2.49.